The highest BCUT2D eigenvalue weighted by Crippen LogP contribution is 2.04. The first kappa shape index (κ1) is 9.52. The molecule has 0 aliphatic carbocycles. The lowest BCUT2D eigenvalue weighted by molar-refractivity contribution is -0.132. The zero-order valence-electron chi connectivity index (χ0n) is 7.75. The standard InChI is InChI=1S/C9H16NO2/c1-8(2)7-9(11)10-3-5-12-6-4-10/h7-8H,3-6H2,1-2H3. The fourth-order valence-electron chi connectivity index (χ4n) is 1.17. The van der Waals surface area contributed by atoms with Crippen LogP contribution in [0.5, 0.6) is 0 Å². The molecule has 3 heteroatoms. The van der Waals surface area contributed by atoms with Crippen molar-refractivity contribution in [3.63, 3.8) is 0 Å². The minimum absolute atomic E-state index is 0.147. The molecule has 1 amide bonds. The summed E-state index contributed by atoms with van der Waals surface area (Å²) < 4.78 is 5.15. The van der Waals surface area contributed by atoms with Crippen LogP contribution in [0.1, 0.15) is 13.8 Å². The molecule has 0 bridgehead atoms. The van der Waals surface area contributed by atoms with Gasteiger partial charge in [-0.2, -0.15) is 0 Å². The van der Waals surface area contributed by atoms with Crippen molar-refractivity contribution in [3.05, 3.63) is 6.42 Å². The summed E-state index contributed by atoms with van der Waals surface area (Å²) in [7, 11) is 0. The van der Waals surface area contributed by atoms with Crippen LogP contribution in [0.25, 0.3) is 0 Å². The van der Waals surface area contributed by atoms with E-state index in [1.165, 1.54) is 0 Å². The van der Waals surface area contributed by atoms with Crippen LogP contribution in [-0.2, 0) is 9.53 Å². The summed E-state index contributed by atoms with van der Waals surface area (Å²) in [5.74, 6) is 0.480. The van der Waals surface area contributed by atoms with Crippen LogP contribution < -0.4 is 0 Å². The summed E-state index contributed by atoms with van der Waals surface area (Å²) in [5, 5.41) is 0. The average Bonchev–Trinajstić information content (AvgIpc) is 2.05. The van der Waals surface area contributed by atoms with Gasteiger partial charge in [0.05, 0.1) is 19.6 Å². The van der Waals surface area contributed by atoms with Crippen molar-refractivity contribution in [1.82, 2.24) is 4.90 Å². The third-order valence-corrected chi connectivity index (χ3v) is 1.80. The van der Waals surface area contributed by atoms with Crippen molar-refractivity contribution < 1.29 is 9.53 Å². The largest absolute Gasteiger partial charge is 0.378 e. The molecule has 1 fully saturated rings. The van der Waals surface area contributed by atoms with Crippen LogP contribution in [0.15, 0.2) is 0 Å². The van der Waals surface area contributed by atoms with Crippen molar-refractivity contribution >= 4 is 5.91 Å². The van der Waals surface area contributed by atoms with E-state index in [1.54, 1.807) is 6.42 Å². The Morgan fingerprint density at radius 1 is 1.42 bits per heavy atom. The lowest BCUT2D eigenvalue weighted by atomic mass is 10.1. The Bertz CT molecular complexity index is 151. The Labute approximate surface area is 73.7 Å². The Morgan fingerprint density at radius 3 is 2.50 bits per heavy atom. The topological polar surface area (TPSA) is 29.5 Å². The molecule has 0 saturated carbocycles. The maximum Gasteiger partial charge on any atom is 0.226 e. The van der Waals surface area contributed by atoms with Crippen LogP contribution in [0, 0.1) is 12.3 Å². The second-order valence-electron chi connectivity index (χ2n) is 3.35. The number of carbonyl (C=O) groups excluding carboxylic acids is 1. The van der Waals surface area contributed by atoms with Gasteiger partial charge in [-0.25, -0.2) is 0 Å². The highest BCUT2D eigenvalue weighted by molar-refractivity contribution is 5.85. The normalized spacial score (nSPS) is 18.4. The molecular weight excluding hydrogens is 154 g/mol. The maximum atomic E-state index is 11.4. The minimum atomic E-state index is 0.147. The second-order valence-corrected chi connectivity index (χ2v) is 3.35. The van der Waals surface area contributed by atoms with Gasteiger partial charge in [0.1, 0.15) is 0 Å². The van der Waals surface area contributed by atoms with Crippen LogP contribution >= 0.6 is 0 Å². The number of carbonyl (C=O) groups is 1. The SMILES string of the molecule is CC(C)[CH]C(=O)N1CCOCC1. The van der Waals surface area contributed by atoms with Gasteiger partial charge >= 0.3 is 0 Å². The van der Waals surface area contributed by atoms with E-state index in [-0.39, 0.29) is 5.91 Å². The van der Waals surface area contributed by atoms with Crippen LogP contribution in [0.4, 0.5) is 0 Å². The second kappa shape index (κ2) is 4.45. The van der Waals surface area contributed by atoms with E-state index in [0.717, 1.165) is 13.1 Å². The third-order valence-electron chi connectivity index (χ3n) is 1.80. The average molecular weight is 170 g/mol. The van der Waals surface area contributed by atoms with Gasteiger partial charge in [0.2, 0.25) is 5.91 Å². The molecule has 0 aromatic carbocycles. The van der Waals surface area contributed by atoms with E-state index in [4.69, 9.17) is 4.74 Å². The molecule has 12 heavy (non-hydrogen) atoms. The van der Waals surface area contributed by atoms with Gasteiger partial charge < -0.3 is 9.64 Å². The summed E-state index contributed by atoms with van der Waals surface area (Å²) in [6, 6.07) is 0. The van der Waals surface area contributed by atoms with Gasteiger partial charge in [0.25, 0.3) is 0 Å². The molecule has 3 nitrogen and oxygen atoms in total. The molecule has 1 radical (unpaired) electrons. The Hall–Kier alpha value is -0.570. The summed E-state index contributed by atoms with van der Waals surface area (Å²) in [4.78, 5) is 13.3. The maximum absolute atomic E-state index is 11.4. The number of morpholine rings is 1. The van der Waals surface area contributed by atoms with E-state index >= 15 is 0 Å². The fourth-order valence-corrected chi connectivity index (χ4v) is 1.17. The molecule has 1 aliphatic heterocycles. The van der Waals surface area contributed by atoms with Gasteiger partial charge in [-0.1, -0.05) is 13.8 Å². The number of amides is 1. The molecule has 1 aliphatic rings. The molecule has 0 N–H and O–H groups in total. The molecule has 69 valence electrons. The van der Waals surface area contributed by atoms with Crippen molar-refractivity contribution in [2.45, 2.75) is 13.8 Å². The lowest BCUT2D eigenvalue weighted by Crippen LogP contribution is -2.41. The fraction of sp³-hybridized carbons (Fsp3) is 0.778. The predicted molar refractivity (Wildman–Crippen MR) is 46.5 cm³/mol. The Balaban J connectivity index is 2.30. The molecule has 1 heterocycles. The van der Waals surface area contributed by atoms with Crippen LogP contribution in [-0.4, -0.2) is 37.1 Å². The van der Waals surface area contributed by atoms with Crippen molar-refractivity contribution in [3.8, 4) is 0 Å². The molecule has 0 spiro atoms. The number of hydrogen-bond donors (Lipinski definition) is 0. The van der Waals surface area contributed by atoms with Gasteiger partial charge in [-0.05, 0) is 5.92 Å². The van der Waals surface area contributed by atoms with E-state index in [2.05, 4.69) is 0 Å². The quantitative estimate of drug-likeness (QED) is 0.610. The Kier molecular flexibility index (Phi) is 3.53. The van der Waals surface area contributed by atoms with Gasteiger partial charge in [-0.3, -0.25) is 4.79 Å². The van der Waals surface area contributed by atoms with E-state index in [1.807, 2.05) is 18.7 Å². The molecule has 1 saturated heterocycles. The summed E-state index contributed by atoms with van der Waals surface area (Å²) >= 11 is 0. The molecule has 0 unspecified atom stereocenters. The lowest BCUT2D eigenvalue weighted by Gasteiger charge is -2.27. The summed E-state index contributed by atoms with van der Waals surface area (Å²) in [6.45, 7) is 6.86. The van der Waals surface area contributed by atoms with Crippen LogP contribution in [0.3, 0.4) is 0 Å². The summed E-state index contributed by atoms with van der Waals surface area (Å²) in [5.41, 5.74) is 0. The van der Waals surface area contributed by atoms with Crippen molar-refractivity contribution in [2.75, 3.05) is 26.3 Å². The van der Waals surface area contributed by atoms with Gasteiger partial charge in [0.15, 0.2) is 0 Å². The first-order valence-corrected chi connectivity index (χ1v) is 4.41. The first-order valence-electron chi connectivity index (χ1n) is 4.41. The van der Waals surface area contributed by atoms with Crippen LogP contribution in [0.2, 0.25) is 0 Å². The number of hydrogen-bond acceptors (Lipinski definition) is 2. The van der Waals surface area contributed by atoms with Gasteiger partial charge in [-0.15, -0.1) is 0 Å². The van der Waals surface area contributed by atoms with Gasteiger partial charge in [0, 0.05) is 13.1 Å². The number of ether oxygens (including phenoxy) is 1. The van der Waals surface area contributed by atoms with E-state index in [0.29, 0.717) is 19.1 Å². The van der Waals surface area contributed by atoms with E-state index in [9.17, 15) is 4.79 Å². The molecule has 0 aromatic heterocycles. The molecule has 0 atom stereocenters. The predicted octanol–water partition coefficient (Wildman–Crippen LogP) is 0.705. The third kappa shape index (κ3) is 2.81. The smallest absolute Gasteiger partial charge is 0.226 e. The highest BCUT2D eigenvalue weighted by atomic mass is 16.5. The monoisotopic (exact) mass is 170 g/mol. The number of rotatable bonds is 2. The summed E-state index contributed by atoms with van der Waals surface area (Å²) in [6.07, 6.45) is 1.76. The Morgan fingerprint density at radius 2 is 2.00 bits per heavy atom. The highest BCUT2D eigenvalue weighted by Gasteiger charge is 2.17. The van der Waals surface area contributed by atoms with E-state index < -0.39 is 0 Å². The molecular formula is C9H16NO2. The minimum Gasteiger partial charge on any atom is -0.378 e. The molecule has 1 rings (SSSR count). The van der Waals surface area contributed by atoms with Crippen molar-refractivity contribution in [1.29, 1.82) is 0 Å². The zero-order chi connectivity index (χ0) is 8.97. The first-order chi connectivity index (χ1) is 5.70. The number of nitrogens with zero attached hydrogens (tertiary/aromatic N) is 1. The zero-order valence-corrected chi connectivity index (χ0v) is 7.75. The molecule has 0 aromatic rings. The van der Waals surface area contributed by atoms with Crippen molar-refractivity contribution in [2.24, 2.45) is 5.92 Å².